The normalized spacial score (nSPS) is 26.2. The molecule has 1 heterocycles. The molecule has 0 aromatic carbocycles. The predicted molar refractivity (Wildman–Crippen MR) is 64.0 cm³/mol. The predicted octanol–water partition coefficient (Wildman–Crippen LogP) is 1.17. The lowest BCUT2D eigenvalue weighted by Crippen LogP contribution is -2.61. The summed E-state index contributed by atoms with van der Waals surface area (Å²) in [6, 6.07) is 0.877. The van der Waals surface area contributed by atoms with Crippen LogP contribution in [0.5, 0.6) is 0 Å². The maximum Gasteiger partial charge on any atom is 0.0599 e. The third-order valence-corrected chi connectivity index (χ3v) is 3.32. The molecule has 0 saturated carbocycles. The molecule has 90 valence electrons. The van der Waals surface area contributed by atoms with Gasteiger partial charge in [0.25, 0.3) is 0 Å². The van der Waals surface area contributed by atoms with Crippen LogP contribution in [0.4, 0.5) is 0 Å². The minimum absolute atomic E-state index is 0.163. The number of piperazine rings is 1. The van der Waals surface area contributed by atoms with Gasteiger partial charge in [-0.3, -0.25) is 9.80 Å². The number of rotatable bonds is 2. The summed E-state index contributed by atoms with van der Waals surface area (Å²) >= 11 is 0. The molecule has 1 aliphatic heterocycles. The van der Waals surface area contributed by atoms with Crippen molar-refractivity contribution in [3.8, 4) is 0 Å². The molecule has 3 heteroatoms. The fourth-order valence-electron chi connectivity index (χ4n) is 2.39. The highest BCUT2D eigenvalue weighted by Crippen LogP contribution is 2.21. The molecule has 0 aliphatic carbocycles. The molecule has 1 fully saturated rings. The number of hydrogen-bond acceptors (Lipinski definition) is 3. The highest BCUT2D eigenvalue weighted by atomic mass is 16.3. The maximum atomic E-state index is 9.46. The van der Waals surface area contributed by atoms with Crippen LogP contribution < -0.4 is 0 Å². The molecule has 1 atom stereocenters. The molecule has 1 saturated heterocycles. The van der Waals surface area contributed by atoms with Crippen LogP contribution in [-0.2, 0) is 0 Å². The van der Waals surface area contributed by atoms with Gasteiger partial charge in [0.05, 0.1) is 6.61 Å². The zero-order chi connectivity index (χ0) is 11.6. The lowest BCUT2D eigenvalue weighted by molar-refractivity contribution is -0.0225. The first kappa shape index (κ1) is 12.9. The smallest absolute Gasteiger partial charge is 0.0599 e. The Kier molecular flexibility index (Phi) is 4.15. The van der Waals surface area contributed by atoms with Crippen molar-refractivity contribution in [2.75, 3.05) is 26.2 Å². The van der Waals surface area contributed by atoms with Crippen molar-refractivity contribution in [2.24, 2.45) is 0 Å². The second-order valence-electron chi connectivity index (χ2n) is 5.79. The van der Waals surface area contributed by atoms with Gasteiger partial charge in [0, 0.05) is 37.3 Å². The average Bonchev–Trinajstić information content (AvgIpc) is 2.15. The van der Waals surface area contributed by atoms with Crippen molar-refractivity contribution < 1.29 is 5.11 Å². The van der Waals surface area contributed by atoms with Gasteiger partial charge < -0.3 is 5.11 Å². The van der Waals surface area contributed by atoms with Gasteiger partial charge in [-0.1, -0.05) is 0 Å². The van der Waals surface area contributed by atoms with E-state index in [1.54, 1.807) is 0 Å². The SMILES string of the molecule is CC(C)N1CCN(C(C)(C)C)C(CO)C1. The zero-order valence-electron chi connectivity index (χ0n) is 10.8. The van der Waals surface area contributed by atoms with Gasteiger partial charge in [0.15, 0.2) is 0 Å². The summed E-state index contributed by atoms with van der Waals surface area (Å²) < 4.78 is 0. The van der Waals surface area contributed by atoms with Crippen LogP contribution in [-0.4, -0.2) is 58.8 Å². The van der Waals surface area contributed by atoms with Crippen molar-refractivity contribution in [1.82, 2.24) is 9.80 Å². The molecule has 1 aliphatic rings. The van der Waals surface area contributed by atoms with Crippen molar-refractivity contribution in [3.05, 3.63) is 0 Å². The van der Waals surface area contributed by atoms with Gasteiger partial charge >= 0.3 is 0 Å². The van der Waals surface area contributed by atoms with E-state index in [-0.39, 0.29) is 12.1 Å². The van der Waals surface area contributed by atoms with Gasteiger partial charge in [-0.05, 0) is 34.6 Å². The van der Waals surface area contributed by atoms with E-state index >= 15 is 0 Å². The second-order valence-corrected chi connectivity index (χ2v) is 5.79. The van der Waals surface area contributed by atoms with Crippen LogP contribution in [0.25, 0.3) is 0 Å². The van der Waals surface area contributed by atoms with E-state index in [0.717, 1.165) is 19.6 Å². The number of nitrogens with zero attached hydrogens (tertiary/aromatic N) is 2. The Morgan fingerprint density at radius 1 is 1.27 bits per heavy atom. The standard InChI is InChI=1S/C12H26N2O/c1-10(2)13-6-7-14(12(3,4)5)11(8-13)9-15/h10-11,15H,6-9H2,1-5H3. The first-order valence-corrected chi connectivity index (χ1v) is 5.98. The first-order chi connectivity index (χ1) is 6.86. The van der Waals surface area contributed by atoms with Gasteiger partial charge in [-0.15, -0.1) is 0 Å². The second kappa shape index (κ2) is 4.81. The van der Waals surface area contributed by atoms with E-state index in [9.17, 15) is 5.11 Å². The molecule has 0 spiro atoms. The van der Waals surface area contributed by atoms with Crippen molar-refractivity contribution in [2.45, 2.75) is 52.2 Å². The topological polar surface area (TPSA) is 26.7 Å². The van der Waals surface area contributed by atoms with Crippen LogP contribution in [0.1, 0.15) is 34.6 Å². The van der Waals surface area contributed by atoms with Crippen molar-refractivity contribution in [3.63, 3.8) is 0 Å². The summed E-state index contributed by atoms with van der Waals surface area (Å²) in [7, 11) is 0. The zero-order valence-corrected chi connectivity index (χ0v) is 10.8. The molecule has 1 N–H and O–H groups in total. The molecular formula is C12H26N2O. The molecule has 0 aromatic heterocycles. The Morgan fingerprint density at radius 3 is 2.27 bits per heavy atom. The third kappa shape index (κ3) is 3.16. The van der Waals surface area contributed by atoms with E-state index in [0.29, 0.717) is 12.1 Å². The quantitative estimate of drug-likeness (QED) is 0.747. The van der Waals surface area contributed by atoms with E-state index < -0.39 is 0 Å². The summed E-state index contributed by atoms with van der Waals surface area (Å²) in [6.07, 6.45) is 0. The van der Waals surface area contributed by atoms with Gasteiger partial charge in [0.1, 0.15) is 0 Å². The molecule has 3 nitrogen and oxygen atoms in total. The summed E-state index contributed by atoms with van der Waals surface area (Å²) in [4.78, 5) is 4.87. The minimum Gasteiger partial charge on any atom is -0.395 e. The first-order valence-electron chi connectivity index (χ1n) is 5.98. The Balaban J connectivity index is 2.65. The highest BCUT2D eigenvalue weighted by Gasteiger charge is 2.33. The van der Waals surface area contributed by atoms with Gasteiger partial charge in [0.2, 0.25) is 0 Å². The Labute approximate surface area is 94.1 Å². The third-order valence-electron chi connectivity index (χ3n) is 3.32. The van der Waals surface area contributed by atoms with Gasteiger partial charge in [-0.25, -0.2) is 0 Å². The molecule has 0 bridgehead atoms. The summed E-state index contributed by atoms with van der Waals surface area (Å²) in [5.41, 5.74) is 0.163. The van der Waals surface area contributed by atoms with Crippen LogP contribution in [0, 0.1) is 0 Å². The van der Waals surface area contributed by atoms with E-state index in [1.165, 1.54) is 0 Å². The Bertz CT molecular complexity index is 198. The largest absolute Gasteiger partial charge is 0.395 e. The molecule has 0 radical (unpaired) electrons. The molecule has 15 heavy (non-hydrogen) atoms. The molecule has 0 aromatic rings. The summed E-state index contributed by atoms with van der Waals surface area (Å²) in [5.74, 6) is 0. The monoisotopic (exact) mass is 214 g/mol. The molecule has 1 rings (SSSR count). The van der Waals surface area contributed by atoms with Crippen LogP contribution in [0.3, 0.4) is 0 Å². The Morgan fingerprint density at radius 2 is 1.87 bits per heavy atom. The fourth-order valence-corrected chi connectivity index (χ4v) is 2.39. The minimum atomic E-state index is 0.163. The number of aliphatic hydroxyl groups excluding tert-OH is 1. The number of aliphatic hydroxyl groups is 1. The van der Waals surface area contributed by atoms with Gasteiger partial charge in [-0.2, -0.15) is 0 Å². The maximum absolute atomic E-state index is 9.46. The van der Waals surface area contributed by atoms with Crippen molar-refractivity contribution in [1.29, 1.82) is 0 Å². The molecule has 1 unspecified atom stereocenters. The van der Waals surface area contributed by atoms with Crippen molar-refractivity contribution >= 4 is 0 Å². The number of hydrogen-bond donors (Lipinski definition) is 1. The summed E-state index contributed by atoms with van der Waals surface area (Å²) in [5, 5.41) is 9.46. The Hall–Kier alpha value is -0.120. The lowest BCUT2D eigenvalue weighted by atomic mass is 10.00. The van der Waals surface area contributed by atoms with Crippen LogP contribution >= 0.6 is 0 Å². The van der Waals surface area contributed by atoms with E-state index in [1.807, 2.05) is 0 Å². The lowest BCUT2D eigenvalue weighted by Gasteiger charge is -2.48. The van der Waals surface area contributed by atoms with Crippen LogP contribution in [0.15, 0.2) is 0 Å². The highest BCUT2D eigenvalue weighted by molar-refractivity contribution is 4.89. The van der Waals surface area contributed by atoms with E-state index in [4.69, 9.17) is 0 Å². The van der Waals surface area contributed by atoms with E-state index in [2.05, 4.69) is 44.4 Å². The average molecular weight is 214 g/mol. The fraction of sp³-hybridized carbons (Fsp3) is 1.00. The summed E-state index contributed by atoms with van der Waals surface area (Å²) in [6.45, 7) is 14.6. The van der Waals surface area contributed by atoms with Crippen LogP contribution in [0.2, 0.25) is 0 Å². The molecule has 0 amide bonds. The molecular weight excluding hydrogens is 188 g/mol.